The lowest BCUT2D eigenvalue weighted by atomic mass is 10.2. The van der Waals surface area contributed by atoms with Gasteiger partial charge in [-0.2, -0.15) is 0 Å². The molecule has 0 atom stereocenters. The second kappa shape index (κ2) is 5.45. The zero-order chi connectivity index (χ0) is 12.3. The Bertz CT molecular complexity index is 416. The SMILES string of the molecule is NC(=S)c1ccc(NCCCC2CC2)cc1F. The van der Waals surface area contributed by atoms with Crippen LogP contribution < -0.4 is 11.1 Å². The first-order valence-corrected chi connectivity index (χ1v) is 6.41. The van der Waals surface area contributed by atoms with Crippen molar-refractivity contribution in [2.24, 2.45) is 11.7 Å². The summed E-state index contributed by atoms with van der Waals surface area (Å²) in [6.45, 7) is 0.891. The first-order chi connectivity index (χ1) is 8.16. The van der Waals surface area contributed by atoms with Crippen molar-refractivity contribution in [3.63, 3.8) is 0 Å². The van der Waals surface area contributed by atoms with Gasteiger partial charge in [-0.3, -0.25) is 0 Å². The number of thiocarbonyl (C=S) groups is 1. The molecule has 1 aliphatic carbocycles. The molecule has 1 saturated carbocycles. The second-order valence-electron chi connectivity index (χ2n) is 4.57. The first kappa shape index (κ1) is 12.3. The smallest absolute Gasteiger partial charge is 0.135 e. The van der Waals surface area contributed by atoms with E-state index in [9.17, 15) is 4.39 Å². The molecule has 0 spiro atoms. The Hall–Kier alpha value is -1.16. The van der Waals surface area contributed by atoms with Crippen LogP contribution in [0.1, 0.15) is 31.2 Å². The third-order valence-electron chi connectivity index (χ3n) is 3.05. The molecule has 0 unspecified atom stereocenters. The zero-order valence-electron chi connectivity index (χ0n) is 9.71. The molecule has 1 aromatic carbocycles. The van der Waals surface area contributed by atoms with Crippen LogP contribution in [0.4, 0.5) is 10.1 Å². The molecule has 0 heterocycles. The van der Waals surface area contributed by atoms with Crippen LogP contribution in [0.25, 0.3) is 0 Å². The van der Waals surface area contributed by atoms with E-state index in [1.807, 2.05) is 6.07 Å². The van der Waals surface area contributed by atoms with Gasteiger partial charge in [-0.15, -0.1) is 0 Å². The highest BCUT2D eigenvalue weighted by atomic mass is 32.1. The van der Waals surface area contributed by atoms with Gasteiger partial charge in [-0.25, -0.2) is 4.39 Å². The lowest BCUT2D eigenvalue weighted by molar-refractivity contribution is 0.625. The van der Waals surface area contributed by atoms with E-state index >= 15 is 0 Å². The van der Waals surface area contributed by atoms with Gasteiger partial charge in [0.25, 0.3) is 0 Å². The maximum Gasteiger partial charge on any atom is 0.135 e. The summed E-state index contributed by atoms with van der Waals surface area (Å²) in [7, 11) is 0. The van der Waals surface area contributed by atoms with Crippen molar-refractivity contribution in [2.75, 3.05) is 11.9 Å². The van der Waals surface area contributed by atoms with Crippen LogP contribution in [-0.2, 0) is 0 Å². The number of halogens is 1. The number of benzene rings is 1. The Morgan fingerprint density at radius 2 is 2.24 bits per heavy atom. The van der Waals surface area contributed by atoms with E-state index in [1.54, 1.807) is 6.07 Å². The van der Waals surface area contributed by atoms with Crippen LogP contribution in [0.2, 0.25) is 0 Å². The van der Waals surface area contributed by atoms with Crippen LogP contribution >= 0.6 is 12.2 Å². The van der Waals surface area contributed by atoms with Gasteiger partial charge >= 0.3 is 0 Å². The van der Waals surface area contributed by atoms with Crippen LogP contribution in [0.5, 0.6) is 0 Å². The standard InChI is InChI=1S/C13H17FN2S/c14-12-8-10(5-6-11(12)13(15)17)16-7-1-2-9-3-4-9/h5-6,8-9,16H,1-4,7H2,(H2,15,17). The Morgan fingerprint density at radius 1 is 1.47 bits per heavy atom. The van der Waals surface area contributed by atoms with Gasteiger partial charge in [0.2, 0.25) is 0 Å². The second-order valence-corrected chi connectivity index (χ2v) is 5.01. The lowest BCUT2D eigenvalue weighted by Gasteiger charge is -2.08. The average Bonchev–Trinajstić information content (AvgIpc) is 3.08. The molecule has 0 amide bonds. The van der Waals surface area contributed by atoms with Crippen molar-refractivity contribution in [1.29, 1.82) is 0 Å². The van der Waals surface area contributed by atoms with E-state index in [0.29, 0.717) is 5.56 Å². The van der Waals surface area contributed by atoms with Gasteiger partial charge in [-0.1, -0.05) is 25.1 Å². The molecule has 0 radical (unpaired) electrons. The minimum absolute atomic E-state index is 0.0998. The van der Waals surface area contributed by atoms with Crippen molar-refractivity contribution in [3.8, 4) is 0 Å². The van der Waals surface area contributed by atoms with E-state index in [-0.39, 0.29) is 10.8 Å². The summed E-state index contributed by atoms with van der Waals surface area (Å²) >= 11 is 4.75. The van der Waals surface area contributed by atoms with Crippen molar-refractivity contribution in [1.82, 2.24) is 0 Å². The number of hydrogen-bond acceptors (Lipinski definition) is 2. The van der Waals surface area contributed by atoms with Crippen molar-refractivity contribution in [3.05, 3.63) is 29.6 Å². The molecule has 1 fully saturated rings. The fourth-order valence-electron chi connectivity index (χ4n) is 1.85. The molecule has 4 heteroatoms. The molecule has 3 N–H and O–H groups in total. The summed E-state index contributed by atoms with van der Waals surface area (Å²) in [5, 5.41) is 3.21. The Morgan fingerprint density at radius 3 is 2.82 bits per heavy atom. The molecular weight excluding hydrogens is 235 g/mol. The molecule has 92 valence electrons. The van der Waals surface area contributed by atoms with E-state index in [2.05, 4.69) is 5.32 Å². The molecule has 0 aliphatic heterocycles. The van der Waals surface area contributed by atoms with Crippen molar-refractivity contribution in [2.45, 2.75) is 25.7 Å². The predicted molar refractivity (Wildman–Crippen MR) is 72.7 cm³/mol. The summed E-state index contributed by atoms with van der Waals surface area (Å²) in [5.74, 6) is 0.593. The predicted octanol–water partition coefficient (Wildman–Crippen LogP) is 3.06. The third-order valence-corrected chi connectivity index (χ3v) is 3.27. The quantitative estimate of drug-likeness (QED) is 0.603. The molecule has 0 saturated heterocycles. The highest BCUT2D eigenvalue weighted by Gasteiger charge is 2.19. The van der Waals surface area contributed by atoms with Gasteiger partial charge in [0.1, 0.15) is 10.8 Å². The summed E-state index contributed by atoms with van der Waals surface area (Å²) in [6.07, 6.45) is 5.19. The monoisotopic (exact) mass is 252 g/mol. The van der Waals surface area contributed by atoms with Gasteiger partial charge < -0.3 is 11.1 Å². The normalized spacial score (nSPS) is 14.6. The largest absolute Gasteiger partial charge is 0.389 e. The first-order valence-electron chi connectivity index (χ1n) is 6.00. The van der Waals surface area contributed by atoms with E-state index in [1.165, 1.54) is 25.3 Å². The lowest BCUT2D eigenvalue weighted by Crippen LogP contribution is -2.12. The summed E-state index contributed by atoms with van der Waals surface area (Å²) in [4.78, 5) is 0.0998. The van der Waals surface area contributed by atoms with E-state index in [0.717, 1.165) is 24.6 Å². The van der Waals surface area contributed by atoms with Crippen LogP contribution in [0.15, 0.2) is 18.2 Å². The Kier molecular flexibility index (Phi) is 3.94. The zero-order valence-corrected chi connectivity index (χ0v) is 10.5. The number of nitrogens with one attached hydrogen (secondary N) is 1. The molecule has 1 aliphatic rings. The summed E-state index contributed by atoms with van der Waals surface area (Å²) < 4.78 is 13.5. The van der Waals surface area contributed by atoms with Crippen molar-refractivity contribution >= 4 is 22.9 Å². The topological polar surface area (TPSA) is 38.0 Å². The molecule has 17 heavy (non-hydrogen) atoms. The average molecular weight is 252 g/mol. The third kappa shape index (κ3) is 3.66. The maximum atomic E-state index is 13.5. The van der Waals surface area contributed by atoms with Gasteiger partial charge in [-0.05, 0) is 37.0 Å². The van der Waals surface area contributed by atoms with Crippen LogP contribution in [-0.4, -0.2) is 11.5 Å². The van der Waals surface area contributed by atoms with Crippen LogP contribution in [0, 0.1) is 11.7 Å². The van der Waals surface area contributed by atoms with Gasteiger partial charge in [0.15, 0.2) is 0 Å². The number of hydrogen-bond donors (Lipinski definition) is 2. The van der Waals surface area contributed by atoms with E-state index < -0.39 is 0 Å². The molecular formula is C13H17FN2S. The van der Waals surface area contributed by atoms with Gasteiger partial charge in [0, 0.05) is 17.8 Å². The fraction of sp³-hybridized carbons (Fsp3) is 0.462. The molecule has 2 rings (SSSR count). The van der Waals surface area contributed by atoms with Crippen LogP contribution in [0.3, 0.4) is 0 Å². The molecule has 0 bridgehead atoms. The minimum atomic E-state index is -0.357. The summed E-state index contributed by atoms with van der Waals surface area (Å²) in [6, 6.07) is 4.89. The Labute approximate surface area is 106 Å². The number of nitrogens with two attached hydrogens (primary N) is 1. The van der Waals surface area contributed by atoms with Gasteiger partial charge in [0.05, 0.1) is 0 Å². The highest BCUT2D eigenvalue weighted by molar-refractivity contribution is 7.80. The molecule has 0 aromatic heterocycles. The molecule has 1 aromatic rings. The summed E-state index contributed by atoms with van der Waals surface area (Å²) in [5.41, 5.74) is 6.50. The highest BCUT2D eigenvalue weighted by Crippen LogP contribution is 2.33. The fourth-order valence-corrected chi connectivity index (χ4v) is 2.02. The molecule has 2 nitrogen and oxygen atoms in total. The van der Waals surface area contributed by atoms with E-state index in [4.69, 9.17) is 18.0 Å². The number of rotatable bonds is 6. The van der Waals surface area contributed by atoms with Crippen molar-refractivity contribution < 1.29 is 4.39 Å². The minimum Gasteiger partial charge on any atom is -0.389 e. The maximum absolute atomic E-state index is 13.5. The Balaban J connectivity index is 1.83. The number of anilines is 1.